The predicted octanol–water partition coefficient (Wildman–Crippen LogP) is -1.24. The van der Waals surface area contributed by atoms with E-state index >= 15 is 0 Å². The summed E-state index contributed by atoms with van der Waals surface area (Å²) in [6.07, 6.45) is -1.44. The molecule has 0 bridgehead atoms. The summed E-state index contributed by atoms with van der Waals surface area (Å²) in [5.74, 6) is 0. The fourth-order valence-electron chi connectivity index (χ4n) is 0.527. The van der Waals surface area contributed by atoms with Gasteiger partial charge in [-0.05, 0) is 0 Å². The lowest BCUT2D eigenvalue weighted by atomic mass is 10.4. The van der Waals surface area contributed by atoms with Gasteiger partial charge >= 0.3 is 10.2 Å². The first-order valence-corrected chi connectivity index (χ1v) is 3.31. The SMILES string of the molecule is O=[N+]([O-])OC[C@@H](CO[N+](=O)O)O[N+](=O)O. The molecule has 2 N–H and O–H groups in total. The fourth-order valence-corrected chi connectivity index (χ4v) is 0.527. The van der Waals surface area contributed by atoms with Crippen LogP contribution in [0.2, 0.25) is 0 Å². The van der Waals surface area contributed by atoms with Crippen LogP contribution in [0.4, 0.5) is 0 Å². The van der Waals surface area contributed by atoms with Crippen LogP contribution in [-0.2, 0) is 14.5 Å². The van der Waals surface area contributed by atoms with Crippen molar-refractivity contribution in [3.8, 4) is 0 Å². The summed E-state index contributed by atoms with van der Waals surface area (Å²) >= 11 is 0. The van der Waals surface area contributed by atoms with E-state index in [1.807, 2.05) is 0 Å². The minimum absolute atomic E-state index is 0.743. The minimum atomic E-state index is -1.44. The van der Waals surface area contributed by atoms with Gasteiger partial charge in [-0.3, -0.25) is 0 Å². The maximum atomic E-state index is 9.96. The van der Waals surface area contributed by atoms with E-state index in [0.717, 1.165) is 0 Å². The summed E-state index contributed by atoms with van der Waals surface area (Å²) in [7, 11) is 0. The van der Waals surface area contributed by atoms with E-state index in [1.54, 1.807) is 0 Å². The Morgan fingerprint density at radius 1 is 1.07 bits per heavy atom. The van der Waals surface area contributed by atoms with Gasteiger partial charge in [-0.15, -0.1) is 10.1 Å². The second-order valence-corrected chi connectivity index (χ2v) is 2.02. The summed E-state index contributed by atoms with van der Waals surface area (Å²) in [5, 5.41) is 22.7. The molecule has 0 saturated heterocycles. The Labute approximate surface area is 80.6 Å². The summed E-state index contributed by atoms with van der Waals surface area (Å²) < 4.78 is 0. The fraction of sp³-hybridized carbons (Fsp3) is 1.00. The predicted molar refractivity (Wildman–Crippen MR) is 34.6 cm³/mol. The lowest BCUT2D eigenvalue weighted by Gasteiger charge is -2.03. The quantitative estimate of drug-likeness (QED) is 0.384. The summed E-state index contributed by atoms with van der Waals surface area (Å²) in [6.45, 7) is -1.52. The van der Waals surface area contributed by atoms with Crippen LogP contribution < -0.4 is 0 Å². The van der Waals surface area contributed by atoms with Crippen LogP contribution in [-0.4, -0.2) is 45.0 Å². The molecule has 12 nitrogen and oxygen atoms in total. The molecular weight excluding hydrogens is 222 g/mol. The molecule has 0 rings (SSSR count). The minimum Gasteiger partial charge on any atom is -0.310 e. The first kappa shape index (κ1) is 12.6. The monoisotopic (exact) mass is 229 g/mol. The van der Waals surface area contributed by atoms with Gasteiger partial charge in [-0.1, -0.05) is 0 Å². The van der Waals surface area contributed by atoms with Gasteiger partial charge in [0.1, 0.15) is 16.4 Å². The van der Waals surface area contributed by atoms with Gasteiger partial charge in [0.2, 0.25) is 12.7 Å². The van der Waals surface area contributed by atoms with Crippen LogP contribution in [0.15, 0.2) is 0 Å². The van der Waals surface area contributed by atoms with Crippen molar-refractivity contribution in [2.45, 2.75) is 6.10 Å². The van der Waals surface area contributed by atoms with Gasteiger partial charge in [0, 0.05) is 0 Å². The van der Waals surface area contributed by atoms with Crippen LogP contribution in [0, 0.1) is 19.9 Å². The molecule has 0 aliphatic carbocycles. The van der Waals surface area contributed by atoms with Crippen LogP contribution in [0.3, 0.4) is 0 Å². The van der Waals surface area contributed by atoms with Gasteiger partial charge in [0.05, 0.1) is 0 Å². The summed E-state index contributed by atoms with van der Waals surface area (Å²) in [6, 6.07) is 0. The van der Waals surface area contributed by atoms with Gasteiger partial charge < -0.3 is 4.84 Å². The highest BCUT2D eigenvalue weighted by Gasteiger charge is 2.26. The Balaban J connectivity index is 3.99. The Hall–Kier alpha value is -2.40. The Morgan fingerprint density at radius 2 is 1.60 bits per heavy atom. The molecular formula is C3H7N3O9+2. The third kappa shape index (κ3) is 7.94. The molecule has 0 amide bonds. The average molecular weight is 229 g/mol. The van der Waals surface area contributed by atoms with Crippen molar-refractivity contribution in [1.82, 2.24) is 0 Å². The summed E-state index contributed by atoms with van der Waals surface area (Å²) in [5.41, 5.74) is 0. The van der Waals surface area contributed by atoms with Crippen molar-refractivity contribution in [2.75, 3.05) is 13.2 Å². The zero-order valence-corrected chi connectivity index (χ0v) is 7.09. The molecule has 12 heteroatoms. The van der Waals surface area contributed by atoms with Crippen molar-refractivity contribution in [3.05, 3.63) is 19.9 Å². The molecule has 0 unspecified atom stereocenters. The molecule has 0 radical (unpaired) electrons. The third-order valence-electron chi connectivity index (χ3n) is 0.976. The van der Waals surface area contributed by atoms with Crippen molar-refractivity contribution in [2.24, 2.45) is 0 Å². The van der Waals surface area contributed by atoms with Crippen molar-refractivity contribution in [3.63, 3.8) is 0 Å². The van der Waals surface area contributed by atoms with Crippen molar-refractivity contribution < 1.29 is 40.2 Å². The van der Waals surface area contributed by atoms with E-state index in [-0.39, 0.29) is 0 Å². The Bertz CT molecular complexity index is 235. The molecule has 0 aliphatic heterocycles. The van der Waals surface area contributed by atoms with E-state index in [9.17, 15) is 19.9 Å². The highest BCUT2D eigenvalue weighted by molar-refractivity contribution is 4.48. The smallest absolute Gasteiger partial charge is 0.310 e. The molecule has 0 aliphatic rings. The van der Waals surface area contributed by atoms with Crippen LogP contribution in [0.1, 0.15) is 0 Å². The van der Waals surface area contributed by atoms with Gasteiger partial charge in [-0.25, -0.2) is 10.4 Å². The van der Waals surface area contributed by atoms with Crippen LogP contribution in [0.5, 0.6) is 0 Å². The molecule has 0 saturated carbocycles. The largest absolute Gasteiger partial charge is 0.475 e. The molecule has 0 aromatic heterocycles. The molecule has 0 fully saturated rings. The highest BCUT2D eigenvalue weighted by atomic mass is 17.0. The molecule has 15 heavy (non-hydrogen) atoms. The maximum absolute atomic E-state index is 9.96. The molecule has 0 aromatic rings. The van der Waals surface area contributed by atoms with Crippen LogP contribution >= 0.6 is 0 Å². The van der Waals surface area contributed by atoms with E-state index in [4.69, 9.17) is 10.4 Å². The van der Waals surface area contributed by atoms with Crippen LogP contribution in [0.25, 0.3) is 0 Å². The van der Waals surface area contributed by atoms with Gasteiger partial charge in [-0.2, -0.15) is 9.68 Å². The maximum Gasteiger partial charge on any atom is 0.475 e. The lowest BCUT2D eigenvalue weighted by Crippen LogP contribution is -2.31. The molecule has 0 spiro atoms. The zero-order chi connectivity index (χ0) is 11.8. The van der Waals surface area contributed by atoms with Crippen molar-refractivity contribution >= 4 is 0 Å². The first-order valence-electron chi connectivity index (χ1n) is 3.31. The number of rotatable bonds is 8. The highest BCUT2D eigenvalue weighted by Crippen LogP contribution is 1.95. The third-order valence-corrected chi connectivity index (χ3v) is 0.976. The first-order chi connectivity index (χ1) is 6.91. The Morgan fingerprint density at radius 3 is 2.00 bits per heavy atom. The number of hydrogen-bond acceptors (Lipinski definition) is 7. The number of nitrogens with zero attached hydrogens (tertiary/aromatic N) is 3. The molecule has 86 valence electrons. The van der Waals surface area contributed by atoms with Gasteiger partial charge in [0.15, 0.2) is 0 Å². The second-order valence-electron chi connectivity index (χ2n) is 2.02. The summed E-state index contributed by atoms with van der Waals surface area (Å²) in [4.78, 5) is 41.1. The normalized spacial score (nSPS) is 11.2. The Kier molecular flexibility index (Phi) is 5.14. The van der Waals surface area contributed by atoms with E-state index in [0.29, 0.717) is 0 Å². The van der Waals surface area contributed by atoms with Gasteiger partial charge in [0.25, 0.3) is 5.09 Å². The zero-order valence-electron chi connectivity index (χ0n) is 7.09. The van der Waals surface area contributed by atoms with E-state index < -0.39 is 34.6 Å². The number of hydrogen-bond donors (Lipinski definition) is 2. The molecule has 1 atom stereocenters. The second kappa shape index (κ2) is 6.11. The lowest BCUT2D eigenvalue weighted by molar-refractivity contribution is -0.996. The molecule has 0 aromatic carbocycles. The van der Waals surface area contributed by atoms with E-state index in [1.165, 1.54) is 0 Å². The van der Waals surface area contributed by atoms with E-state index in [2.05, 4.69) is 14.5 Å². The van der Waals surface area contributed by atoms with Crippen molar-refractivity contribution in [1.29, 1.82) is 0 Å². The standard InChI is InChI=1S/C3H7N3O9/c7-4(8)13-1-3(15-6(11)12)2-14-5(9)10/h3H,1-2H2,(H,7,8)(H,11,12)/q+2/t3-/m1/s1. The molecule has 0 heterocycles. The topological polar surface area (TPSA) is 151 Å². The average Bonchev–Trinajstić information content (AvgIpc) is 2.08.